The van der Waals surface area contributed by atoms with Gasteiger partial charge in [-0.2, -0.15) is 0 Å². The lowest BCUT2D eigenvalue weighted by molar-refractivity contribution is 0.332. The van der Waals surface area contributed by atoms with Gasteiger partial charge in [-0.05, 0) is 112 Å². The lowest BCUT2D eigenvalue weighted by Crippen LogP contribution is -2.59. The molecule has 8 aromatic rings. The average molecular weight is 663 g/mol. The van der Waals surface area contributed by atoms with Crippen LogP contribution < -0.4 is 15.1 Å². The summed E-state index contributed by atoms with van der Waals surface area (Å²) in [7, 11) is 0. The topological polar surface area (TPSA) is 8.17 Å². The predicted octanol–water partition coefficient (Wildman–Crippen LogP) is 11.4. The van der Waals surface area contributed by atoms with Crippen molar-refractivity contribution < 1.29 is 0 Å². The molecule has 6 aromatic carbocycles. The van der Waals surface area contributed by atoms with Crippen LogP contribution in [0.25, 0.3) is 59.5 Å². The van der Waals surface area contributed by atoms with Crippen molar-refractivity contribution in [2.45, 2.75) is 65.2 Å². The summed E-state index contributed by atoms with van der Waals surface area (Å²) < 4.78 is 5.55. The number of hydrogen-bond acceptors (Lipinski definition) is 2. The number of thiophene rings is 1. The number of hydrogen-bond donors (Lipinski definition) is 0. The molecule has 0 bridgehead atoms. The van der Waals surface area contributed by atoms with Gasteiger partial charge in [-0.1, -0.05) is 100.0 Å². The minimum atomic E-state index is 0.0548. The molecule has 0 radical (unpaired) electrons. The third-order valence-corrected chi connectivity index (χ3v) is 13.8. The summed E-state index contributed by atoms with van der Waals surface area (Å²) in [6.45, 7) is 14.4. The Morgan fingerprint density at radius 1 is 0.680 bits per heavy atom. The van der Waals surface area contributed by atoms with E-state index in [1.807, 2.05) is 11.3 Å². The van der Waals surface area contributed by atoms with E-state index >= 15 is 0 Å². The summed E-state index contributed by atoms with van der Waals surface area (Å²) in [5.41, 5.74) is 16.7. The van der Waals surface area contributed by atoms with Crippen molar-refractivity contribution in [3.05, 3.63) is 125 Å². The number of benzene rings is 6. The standard InChI is InChI=1S/C46H39BN2S/c1-26-15-18-29(19-16-26)49-36-14-10-9-13-31(36)32-23-27(2)39-40-30-12-8-7-11-28(30)17-20-37(40)48-42-33-24-34-35(46(5,6)22-21-45(34,3)4)25-38(33)50-44(42)47(49)41(32)43(39)48/h7-20,23-25H,21-22H2,1-6H3. The zero-order valence-corrected chi connectivity index (χ0v) is 30.4. The second-order valence-electron chi connectivity index (χ2n) is 16.5. The summed E-state index contributed by atoms with van der Waals surface area (Å²) in [4.78, 5) is 2.66. The Balaban J connectivity index is 1.38. The van der Waals surface area contributed by atoms with Crippen LogP contribution in [0.4, 0.5) is 11.4 Å². The summed E-state index contributed by atoms with van der Waals surface area (Å²) in [5, 5.41) is 6.81. The van der Waals surface area contributed by atoms with Gasteiger partial charge in [0.05, 0.1) is 16.7 Å². The molecule has 0 amide bonds. The molecule has 0 saturated heterocycles. The number of aromatic nitrogens is 1. The van der Waals surface area contributed by atoms with Crippen LogP contribution >= 0.6 is 11.3 Å². The Morgan fingerprint density at radius 2 is 1.40 bits per heavy atom. The minimum absolute atomic E-state index is 0.0548. The SMILES string of the molecule is Cc1ccc(N2B3c4sc5cc6c(cc5c4-n4c5ccc7ccccc7c5c5c(C)cc(c3c54)-c3ccccc32)C(C)(C)CCC6(C)C)cc1. The van der Waals surface area contributed by atoms with E-state index in [1.54, 1.807) is 0 Å². The first kappa shape index (κ1) is 29.0. The summed E-state index contributed by atoms with van der Waals surface area (Å²) in [6, 6.07) is 39.7. The van der Waals surface area contributed by atoms with Crippen molar-refractivity contribution in [3.63, 3.8) is 0 Å². The van der Waals surface area contributed by atoms with Crippen LogP contribution in [0.1, 0.15) is 62.8 Å². The van der Waals surface area contributed by atoms with E-state index in [-0.39, 0.29) is 17.7 Å². The molecule has 2 aromatic heterocycles. The summed E-state index contributed by atoms with van der Waals surface area (Å²) in [5.74, 6) is 0. The van der Waals surface area contributed by atoms with Crippen molar-refractivity contribution in [2.24, 2.45) is 0 Å². The molecule has 11 rings (SSSR count). The quantitative estimate of drug-likeness (QED) is 0.159. The monoisotopic (exact) mass is 662 g/mol. The average Bonchev–Trinajstić information content (AvgIpc) is 3.67. The molecule has 2 nitrogen and oxygen atoms in total. The van der Waals surface area contributed by atoms with Gasteiger partial charge < -0.3 is 9.38 Å². The number of para-hydroxylation sites is 1. The maximum Gasteiger partial charge on any atom is 0.343 e. The van der Waals surface area contributed by atoms with Gasteiger partial charge in [0.2, 0.25) is 0 Å². The van der Waals surface area contributed by atoms with Gasteiger partial charge in [0.25, 0.3) is 0 Å². The lowest BCUT2D eigenvalue weighted by atomic mass is 9.47. The molecule has 0 fully saturated rings. The third kappa shape index (κ3) is 3.55. The van der Waals surface area contributed by atoms with Crippen molar-refractivity contribution in [1.82, 2.24) is 4.57 Å². The molecular formula is C46H39BN2S. The first-order valence-corrected chi connectivity index (χ1v) is 19.0. The van der Waals surface area contributed by atoms with Crippen LogP contribution in [0.2, 0.25) is 0 Å². The number of rotatable bonds is 1. The molecule has 0 spiro atoms. The maximum absolute atomic E-state index is 2.70. The highest BCUT2D eigenvalue weighted by molar-refractivity contribution is 7.32. The molecule has 4 heteroatoms. The molecule has 1 aliphatic carbocycles. The van der Waals surface area contributed by atoms with Crippen LogP contribution in [0.15, 0.2) is 103 Å². The molecule has 0 atom stereocenters. The van der Waals surface area contributed by atoms with E-state index in [1.165, 1.54) is 116 Å². The highest BCUT2D eigenvalue weighted by atomic mass is 32.1. The van der Waals surface area contributed by atoms with Crippen molar-refractivity contribution >= 4 is 82.5 Å². The van der Waals surface area contributed by atoms with Crippen molar-refractivity contribution in [1.29, 1.82) is 0 Å². The molecule has 242 valence electrons. The van der Waals surface area contributed by atoms with E-state index in [2.05, 4.69) is 154 Å². The third-order valence-electron chi connectivity index (χ3n) is 12.6. The van der Waals surface area contributed by atoms with E-state index in [4.69, 9.17) is 0 Å². The minimum Gasteiger partial charge on any atom is -0.376 e. The lowest BCUT2D eigenvalue weighted by Gasteiger charge is -2.42. The second-order valence-corrected chi connectivity index (χ2v) is 17.6. The second kappa shape index (κ2) is 9.50. The smallest absolute Gasteiger partial charge is 0.343 e. The fraction of sp³-hybridized carbons (Fsp3) is 0.217. The van der Waals surface area contributed by atoms with E-state index in [0.717, 1.165) is 0 Å². The predicted molar refractivity (Wildman–Crippen MR) is 217 cm³/mol. The number of anilines is 2. The van der Waals surface area contributed by atoms with E-state index in [9.17, 15) is 0 Å². The van der Waals surface area contributed by atoms with Gasteiger partial charge >= 0.3 is 6.85 Å². The molecule has 50 heavy (non-hydrogen) atoms. The first-order chi connectivity index (χ1) is 24.1. The summed E-state index contributed by atoms with van der Waals surface area (Å²) >= 11 is 2.03. The fourth-order valence-corrected chi connectivity index (χ4v) is 11.2. The Hall–Kier alpha value is -4.80. The van der Waals surface area contributed by atoms with Crippen molar-refractivity contribution in [3.8, 4) is 16.8 Å². The zero-order chi connectivity index (χ0) is 33.8. The summed E-state index contributed by atoms with van der Waals surface area (Å²) in [6.07, 6.45) is 2.42. The molecule has 0 saturated carbocycles. The molecule has 2 aliphatic heterocycles. The van der Waals surface area contributed by atoms with Gasteiger partial charge in [0.1, 0.15) is 0 Å². The van der Waals surface area contributed by atoms with E-state index < -0.39 is 0 Å². The molecule has 0 N–H and O–H groups in total. The Kier molecular flexibility index (Phi) is 5.51. The van der Waals surface area contributed by atoms with E-state index in [0.29, 0.717) is 0 Å². The van der Waals surface area contributed by atoms with Crippen LogP contribution in [0.3, 0.4) is 0 Å². The number of nitrogens with zero attached hydrogens (tertiary/aromatic N) is 2. The molecule has 3 aliphatic rings. The number of fused-ring (bicyclic) bond motifs is 13. The zero-order valence-electron chi connectivity index (χ0n) is 29.6. The van der Waals surface area contributed by atoms with Gasteiger partial charge in [-0.25, -0.2) is 0 Å². The Labute approximate surface area is 298 Å². The van der Waals surface area contributed by atoms with Gasteiger partial charge in [0.15, 0.2) is 0 Å². The highest BCUT2D eigenvalue weighted by Crippen LogP contribution is 2.52. The highest BCUT2D eigenvalue weighted by Gasteiger charge is 2.47. The number of aryl methyl sites for hydroxylation is 2. The Bertz CT molecular complexity index is 2800. The molecule has 4 heterocycles. The molecule has 0 unspecified atom stereocenters. The van der Waals surface area contributed by atoms with Crippen LogP contribution in [0, 0.1) is 13.8 Å². The van der Waals surface area contributed by atoms with Crippen LogP contribution in [-0.2, 0) is 10.8 Å². The maximum atomic E-state index is 2.70. The van der Waals surface area contributed by atoms with Crippen molar-refractivity contribution in [2.75, 3.05) is 4.81 Å². The van der Waals surface area contributed by atoms with Gasteiger partial charge in [-0.3, -0.25) is 0 Å². The largest absolute Gasteiger partial charge is 0.376 e. The Morgan fingerprint density at radius 3 is 2.20 bits per heavy atom. The first-order valence-electron chi connectivity index (χ1n) is 18.2. The van der Waals surface area contributed by atoms with Gasteiger partial charge in [-0.15, -0.1) is 11.3 Å². The normalized spacial score (nSPS) is 16.7. The molecular weight excluding hydrogens is 623 g/mol. The van der Waals surface area contributed by atoms with Crippen LogP contribution in [0.5, 0.6) is 0 Å². The fourth-order valence-electron chi connectivity index (χ4n) is 9.93. The van der Waals surface area contributed by atoms with Crippen LogP contribution in [-0.4, -0.2) is 11.4 Å². The van der Waals surface area contributed by atoms with Gasteiger partial charge in [0, 0.05) is 42.6 Å².